The smallest absolute Gasteiger partial charge is 0.159 e. The Labute approximate surface area is 132 Å². The number of rotatable bonds is 3. The van der Waals surface area contributed by atoms with Gasteiger partial charge in [-0.05, 0) is 55.3 Å². The fraction of sp³-hybridized carbons (Fsp3) is 0.176. The van der Waals surface area contributed by atoms with Gasteiger partial charge in [-0.3, -0.25) is 0 Å². The van der Waals surface area contributed by atoms with Crippen LogP contribution < -0.4 is 5.73 Å². The molecule has 118 valence electrons. The zero-order valence-corrected chi connectivity index (χ0v) is 12.8. The molecule has 3 rings (SSSR count). The summed E-state index contributed by atoms with van der Waals surface area (Å²) in [7, 11) is 0. The van der Waals surface area contributed by atoms with Gasteiger partial charge in [0.15, 0.2) is 11.6 Å². The first-order valence-corrected chi connectivity index (χ1v) is 7.19. The highest BCUT2D eigenvalue weighted by atomic mass is 19.2. The Balaban J connectivity index is 2.21. The molecule has 0 aliphatic heterocycles. The average molecular weight is 314 g/mol. The molecule has 1 aromatic heterocycles. The van der Waals surface area contributed by atoms with Gasteiger partial charge in [0.25, 0.3) is 0 Å². The van der Waals surface area contributed by atoms with Crippen molar-refractivity contribution < 1.29 is 8.78 Å². The Morgan fingerprint density at radius 2 is 1.78 bits per heavy atom. The molecule has 0 aliphatic rings. The highest BCUT2D eigenvalue weighted by Crippen LogP contribution is 2.27. The predicted molar refractivity (Wildman–Crippen MR) is 84.1 cm³/mol. The van der Waals surface area contributed by atoms with E-state index in [4.69, 9.17) is 5.73 Å². The molecule has 0 amide bonds. The Bertz CT molecular complexity index is 871. The summed E-state index contributed by atoms with van der Waals surface area (Å²) in [5.74, 6) is -1.81. The lowest BCUT2D eigenvalue weighted by atomic mass is 10.1. The van der Waals surface area contributed by atoms with Crippen LogP contribution in [0.3, 0.4) is 0 Å². The summed E-state index contributed by atoms with van der Waals surface area (Å²) in [5, 5.41) is 8.19. The van der Waals surface area contributed by atoms with Crippen LogP contribution in [-0.2, 0) is 6.54 Å². The molecule has 2 N–H and O–H groups in total. The molecule has 1 heterocycles. The molecular formula is C17H16F2N4. The van der Waals surface area contributed by atoms with Crippen molar-refractivity contribution in [2.24, 2.45) is 5.73 Å². The number of nitrogens with zero attached hydrogens (tertiary/aromatic N) is 3. The molecule has 0 radical (unpaired) electrons. The molecule has 0 aliphatic carbocycles. The normalized spacial score (nSPS) is 11.0. The lowest BCUT2D eigenvalue weighted by Gasteiger charge is -2.10. The molecule has 0 unspecified atom stereocenters. The average Bonchev–Trinajstić information content (AvgIpc) is 2.96. The summed E-state index contributed by atoms with van der Waals surface area (Å²) < 4.78 is 28.4. The molecule has 4 nitrogen and oxygen atoms in total. The summed E-state index contributed by atoms with van der Waals surface area (Å²) in [6, 6.07) is 9.55. The Kier molecular flexibility index (Phi) is 3.92. The van der Waals surface area contributed by atoms with E-state index in [9.17, 15) is 8.78 Å². The van der Waals surface area contributed by atoms with Crippen molar-refractivity contribution in [3.63, 3.8) is 0 Å². The van der Waals surface area contributed by atoms with Crippen LogP contribution in [0.4, 0.5) is 8.78 Å². The summed E-state index contributed by atoms with van der Waals surface area (Å²) in [4.78, 5) is 0. The van der Waals surface area contributed by atoms with Crippen molar-refractivity contribution in [2.75, 3.05) is 0 Å². The zero-order valence-electron chi connectivity index (χ0n) is 12.8. The first-order valence-electron chi connectivity index (χ1n) is 7.19. The van der Waals surface area contributed by atoms with Crippen LogP contribution in [0.2, 0.25) is 0 Å². The summed E-state index contributed by atoms with van der Waals surface area (Å²) in [6.07, 6.45) is 0. The van der Waals surface area contributed by atoms with Crippen LogP contribution in [0.1, 0.15) is 16.8 Å². The summed E-state index contributed by atoms with van der Waals surface area (Å²) in [6.45, 7) is 4.16. The van der Waals surface area contributed by atoms with E-state index in [1.54, 1.807) is 4.68 Å². The SMILES string of the molecule is Cc1ccc(-n2nnc(CN)c2-c2ccc(F)c(F)c2)cc1C. The summed E-state index contributed by atoms with van der Waals surface area (Å²) >= 11 is 0. The van der Waals surface area contributed by atoms with Crippen LogP contribution >= 0.6 is 0 Å². The molecule has 23 heavy (non-hydrogen) atoms. The second-order valence-electron chi connectivity index (χ2n) is 5.40. The fourth-order valence-corrected chi connectivity index (χ4v) is 2.42. The van der Waals surface area contributed by atoms with Gasteiger partial charge in [-0.1, -0.05) is 11.3 Å². The molecule has 0 atom stereocenters. The Morgan fingerprint density at radius 1 is 1.00 bits per heavy atom. The molecule has 2 aromatic carbocycles. The largest absolute Gasteiger partial charge is 0.325 e. The second-order valence-corrected chi connectivity index (χ2v) is 5.40. The monoisotopic (exact) mass is 314 g/mol. The molecule has 0 bridgehead atoms. The Hall–Kier alpha value is -2.60. The molecule has 0 spiro atoms. The molecule has 0 fully saturated rings. The van der Waals surface area contributed by atoms with Gasteiger partial charge in [0.05, 0.1) is 11.4 Å². The minimum Gasteiger partial charge on any atom is -0.325 e. The number of hydrogen-bond acceptors (Lipinski definition) is 3. The first kappa shape index (κ1) is 15.3. The van der Waals surface area contributed by atoms with Gasteiger partial charge in [0.2, 0.25) is 0 Å². The van der Waals surface area contributed by atoms with Gasteiger partial charge < -0.3 is 5.73 Å². The third-order valence-electron chi connectivity index (χ3n) is 3.86. The van der Waals surface area contributed by atoms with E-state index in [1.165, 1.54) is 6.07 Å². The van der Waals surface area contributed by atoms with Crippen molar-refractivity contribution >= 4 is 0 Å². The number of benzene rings is 2. The second kappa shape index (κ2) is 5.89. The number of aromatic nitrogens is 3. The maximum Gasteiger partial charge on any atom is 0.159 e. The topological polar surface area (TPSA) is 56.7 Å². The van der Waals surface area contributed by atoms with Crippen LogP contribution in [0.15, 0.2) is 36.4 Å². The maximum atomic E-state index is 13.6. The van der Waals surface area contributed by atoms with Gasteiger partial charge >= 0.3 is 0 Å². The van der Waals surface area contributed by atoms with Crippen LogP contribution in [0, 0.1) is 25.5 Å². The lowest BCUT2D eigenvalue weighted by molar-refractivity contribution is 0.509. The van der Waals surface area contributed by atoms with Gasteiger partial charge in [0.1, 0.15) is 5.69 Å². The van der Waals surface area contributed by atoms with Crippen molar-refractivity contribution in [2.45, 2.75) is 20.4 Å². The van der Waals surface area contributed by atoms with Crippen molar-refractivity contribution in [3.05, 3.63) is 64.9 Å². The fourth-order valence-electron chi connectivity index (χ4n) is 2.42. The van der Waals surface area contributed by atoms with Crippen LogP contribution in [0.25, 0.3) is 16.9 Å². The minimum absolute atomic E-state index is 0.152. The van der Waals surface area contributed by atoms with Crippen LogP contribution in [-0.4, -0.2) is 15.0 Å². The van der Waals surface area contributed by atoms with Gasteiger partial charge in [-0.2, -0.15) is 0 Å². The van der Waals surface area contributed by atoms with E-state index in [0.717, 1.165) is 28.9 Å². The molecule has 6 heteroatoms. The highest BCUT2D eigenvalue weighted by Gasteiger charge is 2.17. The number of nitrogens with two attached hydrogens (primary N) is 1. The van der Waals surface area contributed by atoms with E-state index in [2.05, 4.69) is 10.3 Å². The molecule has 3 aromatic rings. The third-order valence-corrected chi connectivity index (χ3v) is 3.86. The minimum atomic E-state index is -0.918. The van der Waals surface area contributed by atoms with Crippen LogP contribution in [0.5, 0.6) is 0 Å². The lowest BCUT2D eigenvalue weighted by Crippen LogP contribution is -2.03. The standard InChI is InChI=1S/C17H16F2N4/c1-10-3-5-13(7-11(10)2)23-17(16(9-20)21-22-23)12-4-6-14(18)15(19)8-12/h3-8H,9,20H2,1-2H3. The van der Waals surface area contributed by atoms with Gasteiger partial charge in [0, 0.05) is 12.1 Å². The summed E-state index contributed by atoms with van der Waals surface area (Å²) in [5.41, 5.74) is 10.3. The van der Waals surface area contributed by atoms with E-state index in [0.29, 0.717) is 17.0 Å². The van der Waals surface area contributed by atoms with Crippen molar-refractivity contribution in [1.82, 2.24) is 15.0 Å². The number of aryl methyl sites for hydroxylation is 2. The quantitative estimate of drug-likeness (QED) is 0.807. The molecule has 0 saturated heterocycles. The Morgan fingerprint density at radius 3 is 2.43 bits per heavy atom. The van der Waals surface area contributed by atoms with Gasteiger partial charge in [-0.15, -0.1) is 5.10 Å². The predicted octanol–water partition coefficient (Wildman–Crippen LogP) is 3.29. The maximum absolute atomic E-state index is 13.6. The third kappa shape index (κ3) is 2.73. The van der Waals surface area contributed by atoms with E-state index < -0.39 is 11.6 Å². The van der Waals surface area contributed by atoms with Gasteiger partial charge in [-0.25, -0.2) is 13.5 Å². The van der Waals surface area contributed by atoms with Crippen molar-refractivity contribution in [3.8, 4) is 16.9 Å². The number of hydrogen-bond donors (Lipinski definition) is 1. The first-order chi connectivity index (χ1) is 11.0. The van der Waals surface area contributed by atoms with E-state index >= 15 is 0 Å². The van der Waals surface area contributed by atoms with E-state index in [-0.39, 0.29) is 6.54 Å². The van der Waals surface area contributed by atoms with E-state index in [1.807, 2.05) is 32.0 Å². The van der Waals surface area contributed by atoms with Crippen molar-refractivity contribution in [1.29, 1.82) is 0 Å². The number of halogens is 2. The zero-order chi connectivity index (χ0) is 16.6. The molecule has 0 saturated carbocycles. The highest BCUT2D eigenvalue weighted by molar-refractivity contribution is 5.64. The molecular weight excluding hydrogens is 298 g/mol.